The molecule has 3 aromatic rings. The Morgan fingerprint density at radius 1 is 0.692 bits per heavy atom. The number of ketones is 2. The second kappa shape index (κ2) is 8.41. The van der Waals surface area contributed by atoms with Crippen molar-refractivity contribution in [1.29, 1.82) is 0 Å². The zero-order valence-corrected chi connectivity index (χ0v) is 14.8. The lowest BCUT2D eigenvalue weighted by Gasteiger charge is -2.08. The number of carbonyl (C=O) groups excluding carboxylic acids is 2. The van der Waals surface area contributed by atoms with Gasteiger partial charge in [0.25, 0.3) is 0 Å². The fourth-order valence-corrected chi connectivity index (χ4v) is 2.77. The molecule has 0 aliphatic carbocycles. The van der Waals surface area contributed by atoms with E-state index in [0.717, 1.165) is 5.56 Å². The summed E-state index contributed by atoms with van der Waals surface area (Å²) < 4.78 is 0. The first-order valence-corrected chi connectivity index (χ1v) is 8.65. The quantitative estimate of drug-likeness (QED) is 0.406. The molecule has 0 aliphatic rings. The molecular weight excluding hydrogens is 344 g/mol. The van der Waals surface area contributed by atoms with Gasteiger partial charge in [-0.3, -0.25) is 9.59 Å². The van der Waals surface area contributed by atoms with Crippen LogP contribution in [0.15, 0.2) is 91.0 Å². The van der Waals surface area contributed by atoms with Crippen molar-refractivity contribution in [1.82, 2.24) is 0 Å². The SMILES string of the molecule is O=C(C=C(CC(=O)c1ccccc1)c1ccc(Cl)cc1)c1ccccc1. The fourth-order valence-electron chi connectivity index (χ4n) is 2.64. The normalized spacial score (nSPS) is 11.2. The summed E-state index contributed by atoms with van der Waals surface area (Å²) >= 11 is 5.97. The first kappa shape index (κ1) is 17.8. The number of benzene rings is 3. The Balaban J connectivity index is 1.94. The maximum atomic E-state index is 12.6. The summed E-state index contributed by atoms with van der Waals surface area (Å²) in [6.07, 6.45) is 1.68. The molecule has 0 bridgehead atoms. The minimum atomic E-state index is -0.128. The van der Waals surface area contributed by atoms with Gasteiger partial charge in [-0.05, 0) is 29.3 Å². The Kier molecular flexibility index (Phi) is 5.77. The summed E-state index contributed by atoms with van der Waals surface area (Å²) in [4.78, 5) is 25.2. The largest absolute Gasteiger partial charge is 0.294 e. The lowest BCUT2D eigenvalue weighted by Crippen LogP contribution is -2.03. The summed E-state index contributed by atoms with van der Waals surface area (Å²) in [7, 11) is 0. The van der Waals surface area contributed by atoms with Crippen molar-refractivity contribution >= 4 is 28.7 Å². The minimum absolute atomic E-state index is 0.0346. The van der Waals surface area contributed by atoms with Crippen molar-refractivity contribution in [3.8, 4) is 0 Å². The number of carbonyl (C=O) groups is 2. The second-order valence-corrected chi connectivity index (χ2v) is 6.31. The molecule has 0 unspecified atom stereocenters. The Bertz CT molecular complexity index is 927. The predicted molar refractivity (Wildman–Crippen MR) is 106 cm³/mol. The van der Waals surface area contributed by atoms with E-state index < -0.39 is 0 Å². The van der Waals surface area contributed by atoms with E-state index in [4.69, 9.17) is 11.6 Å². The van der Waals surface area contributed by atoms with Crippen molar-refractivity contribution in [2.75, 3.05) is 0 Å². The molecule has 0 spiro atoms. The third-order valence-corrected chi connectivity index (χ3v) is 4.28. The van der Waals surface area contributed by atoms with Crippen LogP contribution in [0.3, 0.4) is 0 Å². The van der Waals surface area contributed by atoms with Gasteiger partial charge in [-0.2, -0.15) is 0 Å². The van der Waals surface area contributed by atoms with Crippen LogP contribution in [0.25, 0.3) is 5.57 Å². The lowest BCUT2D eigenvalue weighted by molar-refractivity contribution is 0.0998. The van der Waals surface area contributed by atoms with Gasteiger partial charge < -0.3 is 0 Å². The highest BCUT2D eigenvalue weighted by Crippen LogP contribution is 2.23. The highest BCUT2D eigenvalue weighted by atomic mass is 35.5. The molecule has 3 heteroatoms. The first-order chi connectivity index (χ1) is 12.6. The molecule has 0 fully saturated rings. The third kappa shape index (κ3) is 4.56. The fraction of sp³-hybridized carbons (Fsp3) is 0.0435. The lowest BCUT2D eigenvalue weighted by atomic mass is 9.95. The summed E-state index contributed by atoms with van der Waals surface area (Å²) in [5, 5.41) is 0.608. The molecule has 128 valence electrons. The standard InChI is InChI=1S/C23H17ClO2/c24-21-13-11-17(12-14-21)20(15-22(25)18-7-3-1-4-8-18)16-23(26)19-9-5-2-6-10-19/h1-15H,16H2. The monoisotopic (exact) mass is 360 g/mol. The van der Waals surface area contributed by atoms with Crippen molar-refractivity contribution in [3.05, 3.63) is 113 Å². The molecule has 0 radical (unpaired) electrons. The maximum absolute atomic E-state index is 12.6. The van der Waals surface area contributed by atoms with Gasteiger partial charge in [0.1, 0.15) is 0 Å². The van der Waals surface area contributed by atoms with Gasteiger partial charge >= 0.3 is 0 Å². The highest BCUT2D eigenvalue weighted by molar-refractivity contribution is 6.30. The molecule has 3 rings (SSSR count). The molecule has 0 heterocycles. The van der Waals surface area contributed by atoms with Crippen molar-refractivity contribution in [3.63, 3.8) is 0 Å². The van der Waals surface area contributed by atoms with Crippen LogP contribution in [-0.2, 0) is 0 Å². The molecule has 0 saturated carbocycles. The average molecular weight is 361 g/mol. The van der Waals surface area contributed by atoms with Crippen LogP contribution in [0.4, 0.5) is 0 Å². The van der Waals surface area contributed by atoms with Crippen molar-refractivity contribution in [2.45, 2.75) is 6.42 Å². The van der Waals surface area contributed by atoms with Crippen LogP contribution in [0.2, 0.25) is 5.02 Å². The summed E-state index contributed by atoms with van der Waals surface area (Å²) in [5.41, 5.74) is 2.69. The van der Waals surface area contributed by atoms with Gasteiger partial charge in [0, 0.05) is 22.6 Å². The van der Waals surface area contributed by atoms with Gasteiger partial charge in [-0.15, -0.1) is 0 Å². The van der Waals surface area contributed by atoms with Gasteiger partial charge in [-0.1, -0.05) is 84.4 Å². The van der Waals surface area contributed by atoms with E-state index in [1.807, 2.05) is 48.5 Å². The summed E-state index contributed by atoms with van der Waals surface area (Å²) in [6, 6.07) is 25.3. The first-order valence-electron chi connectivity index (χ1n) is 8.27. The van der Waals surface area contributed by atoms with Crippen LogP contribution in [0.1, 0.15) is 32.7 Å². The number of halogens is 1. The van der Waals surface area contributed by atoms with E-state index in [-0.39, 0.29) is 18.0 Å². The molecule has 3 aromatic carbocycles. The van der Waals surface area contributed by atoms with Gasteiger partial charge in [0.2, 0.25) is 0 Å². The zero-order chi connectivity index (χ0) is 18.4. The summed E-state index contributed by atoms with van der Waals surface area (Å²) in [5.74, 6) is -0.163. The van der Waals surface area contributed by atoms with E-state index in [0.29, 0.717) is 21.7 Å². The van der Waals surface area contributed by atoms with Crippen molar-refractivity contribution in [2.24, 2.45) is 0 Å². The highest BCUT2D eigenvalue weighted by Gasteiger charge is 2.13. The summed E-state index contributed by atoms with van der Waals surface area (Å²) in [6.45, 7) is 0. The minimum Gasteiger partial charge on any atom is -0.294 e. The van der Waals surface area contributed by atoms with Gasteiger partial charge in [0.05, 0.1) is 0 Å². The molecule has 0 aliphatic heterocycles. The Morgan fingerprint density at radius 2 is 1.23 bits per heavy atom. The number of hydrogen-bond acceptors (Lipinski definition) is 2. The van der Waals surface area contributed by atoms with Crippen LogP contribution in [0, 0.1) is 0 Å². The number of hydrogen-bond donors (Lipinski definition) is 0. The molecule has 2 nitrogen and oxygen atoms in total. The smallest absolute Gasteiger partial charge is 0.186 e. The topological polar surface area (TPSA) is 34.1 Å². The molecule has 0 aromatic heterocycles. The predicted octanol–water partition coefficient (Wildman–Crippen LogP) is 5.88. The van der Waals surface area contributed by atoms with Crippen LogP contribution in [0.5, 0.6) is 0 Å². The van der Waals surface area contributed by atoms with Crippen LogP contribution in [-0.4, -0.2) is 11.6 Å². The van der Waals surface area contributed by atoms with Gasteiger partial charge in [0.15, 0.2) is 11.6 Å². The molecular formula is C23H17ClO2. The van der Waals surface area contributed by atoms with E-state index in [1.165, 1.54) is 0 Å². The van der Waals surface area contributed by atoms with E-state index in [2.05, 4.69) is 0 Å². The van der Waals surface area contributed by atoms with E-state index >= 15 is 0 Å². The number of allylic oxidation sites excluding steroid dienone is 2. The molecule has 0 saturated heterocycles. The average Bonchev–Trinajstić information content (AvgIpc) is 2.69. The van der Waals surface area contributed by atoms with Crippen LogP contribution >= 0.6 is 11.6 Å². The number of Topliss-reactive ketones (excluding diaryl/α,β-unsaturated/α-hetero) is 1. The molecule has 0 amide bonds. The number of rotatable bonds is 6. The van der Waals surface area contributed by atoms with Crippen LogP contribution < -0.4 is 0 Å². The molecule has 0 N–H and O–H groups in total. The maximum Gasteiger partial charge on any atom is 0.186 e. The van der Waals surface area contributed by atoms with E-state index in [9.17, 15) is 9.59 Å². The zero-order valence-electron chi connectivity index (χ0n) is 14.1. The van der Waals surface area contributed by atoms with E-state index in [1.54, 1.807) is 42.5 Å². The third-order valence-electron chi connectivity index (χ3n) is 4.03. The van der Waals surface area contributed by atoms with Crippen molar-refractivity contribution < 1.29 is 9.59 Å². The Morgan fingerprint density at radius 3 is 1.81 bits per heavy atom. The Hall–Kier alpha value is -2.97. The second-order valence-electron chi connectivity index (χ2n) is 5.87. The Labute approximate surface area is 157 Å². The molecule has 26 heavy (non-hydrogen) atoms. The molecule has 0 atom stereocenters. The van der Waals surface area contributed by atoms with Gasteiger partial charge in [-0.25, -0.2) is 0 Å².